The maximum absolute atomic E-state index is 10.5. The van der Waals surface area contributed by atoms with Gasteiger partial charge in [0.25, 0.3) is 0 Å². The summed E-state index contributed by atoms with van der Waals surface area (Å²) in [4.78, 5) is 10.5. The van der Waals surface area contributed by atoms with Gasteiger partial charge in [-0.25, -0.2) is 0 Å². The minimum Gasteiger partial charge on any atom is -0.295 e. The lowest BCUT2D eigenvalue weighted by Gasteiger charge is -1.94. The van der Waals surface area contributed by atoms with Crippen molar-refractivity contribution in [3.05, 3.63) is 11.1 Å². The van der Waals surface area contributed by atoms with E-state index in [9.17, 15) is 4.79 Å². The Hall–Kier alpha value is 0.870. The van der Waals surface area contributed by atoms with E-state index in [0.29, 0.717) is 0 Å². The second kappa shape index (κ2) is 7.97. The first-order chi connectivity index (χ1) is 4.55. The minimum absolute atomic E-state index is 0.171. The minimum atomic E-state index is 0.171. The molecule has 0 amide bonds. The molecule has 3 heteroatoms. The average molecular weight is 366 g/mol. The third kappa shape index (κ3) is 6.98. The molecule has 0 fully saturated rings. The van der Waals surface area contributed by atoms with Crippen LogP contribution < -0.4 is 0 Å². The Balaban J connectivity index is 0. The molecule has 0 radical (unpaired) electrons. The summed E-state index contributed by atoms with van der Waals surface area (Å²) in [6.07, 6.45) is 0. The fourth-order valence-corrected chi connectivity index (χ4v) is 0.352. The van der Waals surface area contributed by atoms with Gasteiger partial charge in [-0.3, -0.25) is 4.79 Å². The highest BCUT2D eigenvalue weighted by molar-refractivity contribution is 15.0. The largest absolute Gasteiger partial charge is 0.295 e. The lowest BCUT2D eigenvalue weighted by atomic mass is 10.1. The number of rotatable bonds is 1. The Kier molecular flexibility index (Phi) is 10.7. The van der Waals surface area contributed by atoms with Gasteiger partial charge in [0.05, 0.1) is 0 Å². The molecule has 0 aliphatic rings. The fourth-order valence-electron chi connectivity index (χ4n) is 0.352. The van der Waals surface area contributed by atoms with E-state index in [4.69, 9.17) is 0 Å². The van der Waals surface area contributed by atoms with E-state index in [2.05, 4.69) is 37.2 Å². The molecule has 1 nitrogen and oxygen atoms in total. The molecule has 0 aliphatic carbocycles. The lowest BCUT2D eigenvalue weighted by Crippen LogP contribution is -1.92. The van der Waals surface area contributed by atoms with Crippen molar-refractivity contribution in [2.45, 2.75) is 27.7 Å². The van der Waals surface area contributed by atoms with E-state index in [-0.39, 0.29) is 5.78 Å². The second-order valence-electron chi connectivity index (χ2n) is 2.18. The van der Waals surface area contributed by atoms with E-state index in [1.54, 1.807) is 6.92 Å². The van der Waals surface area contributed by atoms with Gasteiger partial charge in [0.2, 0.25) is 0 Å². The Bertz CT molecular complexity index is 135. The third-order valence-corrected chi connectivity index (χ3v) is 1.28. The monoisotopic (exact) mass is 366 g/mol. The molecule has 0 aliphatic heterocycles. The molecule has 0 unspecified atom stereocenters. The first-order valence-corrected chi connectivity index (χ1v) is 9.13. The van der Waals surface area contributed by atoms with Gasteiger partial charge in [-0.2, -0.15) is 0 Å². The number of carbonyl (C=O) groups excluding carboxylic acids is 1. The molecule has 0 heterocycles. The van der Waals surface area contributed by atoms with Gasteiger partial charge >= 0.3 is 0 Å². The van der Waals surface area contributed by atoms with Crippen LogP contribution >= 0.6 is 37.2 Å². The summed E-state index contributed by atoms with van der Waals surface area (Å²) in [5.74, 6) is 0.171. The summed E-state index contributed by atoms with van der Waals surface area (Å²) in [6.45, 7) is 7.31. The molecule has 60 valence electrons. The summed E-state index contributed by atoms with van der Waals surface area (Å²) in [6, 6.07) is 0. The van der Waals surface area contributed by atoms with Gasteiger partial charge in [0.15, 0.2) is 5.78 Å². The number of carbonyl (C=O) groups is 1. The van der Waals surface area contributed by atoms with Crippen LogP contribution in [0.5, 0.6) is 0 Å². The van der Waals surface area contributed by atoms with Crippen molar-refractivity contribution in [3.8, 4) is 0 Å². The van der Waals surface area contributed by atoms with Crippen LogP contribution in [0.1, 0.15) is 27.7 Å². The lowest BCUT2D eigenvalue weighted by molar-refractivity contribution is -0.113. The molecule has 0 saturated heterocycles. The van der Waals surface area contributed by atoms with E-state index >= 15 is 0 Å². The standard InChI is InChI=1S/C7H12O.I2/c1-5(2)6(3)7(4)8;1-2/h1-4H3;. The van der Waals surface area contributed by atoms with Crippen molar-refractivity contribution in [1.29, 1.82) is 0 Å². The van der Waals surface area contributed by atoms with Gasteiger partial charge in [-0.05, 0) is 33.3 Å². The zero-order valence-corrected chi connectivity index (χ0v) is 11.0. The maximum atomic E-state index is 10.5. The predicted molar refractivity (Wildman–Crippen MR) is 62.8 cm³/mol. The Labute approximate surface area is 86.0 Å². The molecule has 0 aromatic heterocycles. The number of allylic oxidation sites excluding steroid dienone is 2. The Morgan fingerprint density at radius 1 is 1.00 bits per heavy atom. The molecule has 0 bridgehead atoms. The summed E-state index contributed by atoms with van der Waals surface area (Å²) in [5, 5.41) is 0. The predicted octanol–water partition coefficient (Wildman–Crippen LogP) is 3.70. The quantitative estimate of drug-likeness (QED) is 0.511. The van der Waals surface area contributed by atoms with Gasteiger partial charge < -0.3 is 0 Å². The summed E-state index contributed by atoms with van der Waals surface area (Å²) >= 11 is 4.24. The zero-order valence-electron chi connectivity index (χ0n) is 6.66. The number of hydrogen-bond donors (Lipinski definition) is 0. The van der Waals surface area contributed by atoms with E-state index in [0.717, 1.165) is 11.1 Å². The summed E-state index contributed by atoms with van der Waals surface area (Å²) in [7, 11) is 0. The van der Waals surface area contributed by atoms with Crippen molar-refractivity contribution in [2.75, 3.05) is 0 Å². The second-order valence-corrected chi connectivity index (χ2v) is 2.18. The SMILES string of the molecule is CC(=O)C(C)=C(C)C.II. The van der Waals surface area contributed by atoms with E-state index in [1.807, 2.05) is 20.8 Å². The number of halogens is 2. The van der Waals surface area contributed by atoms with Crippen LogP contribution in [0.15, 0.2) is 11.1 Å². The molecule has 10 heavy (non-hydrogen) atoms. The highest BCUT2D eigenvalue weighted by Gasteiger charge is 1.95. The Morgan fingerprint density at radius 3 is 1.30 bits per heavy atom. The third-order valence-electron chi connectivity index (χ3n) is 1.28. The number of ketones is 1. The van der Waals surface area contributed by atoms with Crippen LogP contribution in [0.2, 0.25) is 0 Å². The van der Waals surface area contributed by atoms with Crippen molar-refractivity contribution in [2.24, 2.45) is 0 Å². The Morgan fingerprint density at radius 2 is 1.30 bits per heavy atom. The first-order valence-electron chi connectivity index (χ1n) is 2.85. The number of Topliss-reactive ketones (excluding diaryl/α,β-unsaturated/α-hetero) is 1. The van der Waals surface area contributed by atoms with Crippen LogP contribution in [-0.4, -0.2) is 5.78 Å². The molecular weight excluding hydrogens is 354 g/mol. The van der Waals surface area contributed by atoms with Crippen LogP contribution in [0.25, 0.3) is 0 Å². The molecule has 0 saturated carbocycles. The smallest absolute Gasteiger partial charge is 0.155 e. The van der Waals surface area contributed by atoms with Crippen molar-refractivity contribution in [1.82, 2.24) is 0 Å². The van der Waals surface area contributed by atoms with Crippen molar-refractivity contribution < 1.29 is 4.79 Å². The summed E-state index contributed by atoms with van der Waals surface area (Å²) in [5.41, 5.74) is 1.99. The van der Waals surface area contributed by atoms with Crippen LogP contribution in [0.4, 0.5) is 0 Å². The molecule has 0 atom stereocenters. The fraction of sp³-hybridized carbons (Fsp3) is 0.571. The van der Waals surface area contributed by atoms with E-state index in [1.165, 1.54) is 0 Å². The van der Waals surface area contributed by atoms with Gasteiger partial charge in [-0.15, -0.1) is 0 Å². The summed E-state index contributed by atoms with van der Waals surface area (Å²) < 4.78 is 0. The normalized spacial score (nSPS) is 7.40. The van der Waals surface area contributed by atoms with Crippen LogP contribution in [-0.2, 0) is 4.79 Å². The average Bonchev–Trinajstić information content (AvgIpc) is 1.90. The molecular formula is C7H12I2O. The van der Waals surface area contributed by atoms with Gasteiger partial charge in [0.1, 0.15) is 0 Å². The molecule has 0 aromatic carbocycles. The van der Waals surface area contributed by atoms with Gasteiger partial charge in [-0.1, -0.05) is 5.57 Å². The topological polar surface area (TPSA) is 17.1 Å². The van der Waals surface area contributed by atoms with Crippen molar-refractivity contribution >= 4 is 43.0 Å². The molecule has 0 rings (SSSR count). The molecule has 0 N–H and O–H groups in total. The van der Waals surface area contributed by atoms with Crippen molar-refractivity contribution in [3.63, 3.8) is 0 Å². The zero-order chi connectivity index (χ0) is 8.73. The van der Waals surface area contributed by atoms with Gasteiger partial charge in [0, 0.05) is 37.2 Å². The molecule has 0 spiro atoms. The van der Waals surface area contributed by atoms with Crippen LogP contribution in [0.3, 0.4) is 0 Å². The maximum Gasteiger partial charge on any atom is 0.155 e. The molecule has 0 aromatic rings. The van der Waals surface area contributed by atoms with E-state index < -0.39 is 0 Å². The highest BCUT2D eigenvalue weighted by atomic mass is 128. The first kappa shape index (κ1) is 13.5. The highest BCUT2D eigenvalue weighted by Crippen LogP contribution is 2.01. The number of hydrogen-bond acceptors (Lipinski definition) is 1. The van der Waals surface area contributed by atoms with Crippen LogP contribution in [0, 0.1) is 0 Å².